The second-order valence-corrected chi connectivity index (χ2v) is 7.52. The van der Waals surface area contributed by atoms with E-state index in [-0.39, 0.29) is 5.91 Å². The van der Waals surface area contributed by atoms with Gasteiger partial charge < -0.3 is 4.90 Å². The van der Waals surface area contributed by atoms with Crippen molar-refractivity contribution >= 4 is 16.9 Å². The van der Waals surface area contributed by atoms with Crippen molar-refractivity contribution in [1.29, 1.82) is 0 Å². The van der Waals surface area contributed by atoms with Gasteiger partial charge in [-0.3, -0.25) is 14.7 Å². The van der Waals surface area contributed by atoms with Crippen molar-refractivity contribution in [2.75, 3.05) is 19.6 Å². The number of fused-ring (bicyclic) bond motifs is 5. The van der Waals surface area contributed by atoms with Crippen molar-refractivity contribution in [3.63, 3.8) is 0 Å². The van der Waals surface area contributed by atoms with Gasteiger partial charge in [-0.05, 0) is 52.8 Å². The number of hydrogen-bond donors (Lipinski definition) is 0. The van der Waals surface area contributed by atoms with Crippen molar-refractivity contribution in [2.45, 2.75) is 25.4 Å². The molecule has 7 nitrogen and oxygen atoms in total. The molecule has 7 heteroatoms. The fourth-order valence-corrected chi connectivity index (χ4v) is 4.42. The maximum Gasteiger partial charge on any atom is 0.254 e. The Morgan fingerprint density at radius 1 is 1.07 bits per heavy atom. The van der Waals surface area contributed by atoms with Gasteiger partial charge in [0, 0.05) is 50.2 Å². The average Bonchev–Trinajstić information content (AvgIpc) is 3.02. The summed E-state index contributed by atoms with van der Waals surface area (Å²) >= 11 is 0. The summed E-state index contributed by atoms with van der Waals surface area (Å²) in [5.41, 5.74) is 3.48. The van der Waals surface area contributed by atoms with Gasteiger partial charge in [-0.15, -0.1) is 0 Å². The van der Waals surface area contributed by atoms with Gasteiger partial charge in [0.1, 0.15) is 11.0 Å². The average molecular weight is 363 g/mol. The molecule has 2 atom stereocenters. The smallest absolute Gasteiger partial charge is 0.254 e. The van der Waals surface area contributed by atoms with Crippen molar-refractivity contribution < 1.29 is 9.42 Å². The van der Waals surface area contributed by atoms with Gasteiger partial charge in [-0.1, -0.05) is 12.1 Å². The van der Waals surface area contributed by atoms with Gasteiger partial charge >= 0.3 is 0 Å². The number of hydrogen-bond acceptors (Lipinski definition) is 6. The van der Waals surface area contributed by atoms with Crippen LogP contribution in [0.25, 0.3) is 11.0 Å². The van der Waals surface area contributed by atoms with E-state index in [1.54, 1.807) is 24.5 Å². The number of aromatic nitrogens is 3. The summed E-state index contributed by atoms with van der Waals surface area (Å²) in [4.78, 5) is 21.5. The molecule has 27 heavy (non-hydrogen) atoms. The highest BCUT2D eigenvalue weighted by Crippen LogP contribution is 2.30. The molecule has 5 heterocycles. The van der Waals surface area contributed by atoms with Crippen LogP contribution in [0.2, 0.25) is 0 Å². The first-order valence-corrected chi connectivity index (χ1v) is 9.41. The monoisotopic (exact) mass is 363 g/mol. The van der Waals surface area contributed by atoms with Crippen LogP contribution in [-0.2, 0) is 6.54 Å². The lowest BCUT2D eigenvalue weighted by atomic mass is 9.94. The van der Waals surface area contributed by atoms with Crippen LogP contribution in [0.3, 0.4) is 0 Å². The molecule has 0 spiro atoms. The minimum Gasteiger partial charge on any atom is -0.337 e. The summed E-state index contributed by atoms with van der Waals surface area (Å²) in [7, 11) is 0. The number of carbonyl (C=O) groups is 1. The summed E-state index contributed by atoms with van der Waals surface area (Å²) in [6.07, 6.45) is 5.66. The Kier molecular flexibility index (Phi) is 4.09. The first kappa shape index (κ1) is 16.4. The van der Waals surface area contributed by atoms with Crippen molar-refractivity contribution in [2.24, 2.45) is 5.92 Å². The Hall–Kier alpha value is -2.80. The molecule has 2 aromatic heterocycles. The van der Waals surface area contributed by atoms with Gasteiger partial charge in [0.2, 0.25) is 0 Å². The molecule has 138 valence electrons. The lowest BCUT2D eigenvalue weighted by Crippen LogP contribution is -2.44. The third kappa shape index (κ3) is 3.08. The van der Waals surface area contributed by atoms with E-state index in [4.69, 9.17) is 4.63 Å². The Labute approximate surface area is 156 Å². The van der Waals surface area contributed by atoms with E-state index in [2.05, 4.69) is 26.3 Å². The van der Waals surface area contributed by atoms with Gasteiger partial charge in [0.05, 0.1) is 0 Å². The number of rotatable bonds is 3. The van der Waals surface area contributed by atoms with E-state index in [0.29, 0.717) is 12.0 Å². The Morgan fingerprint density at radius 2 is 1.96 bits per heavy atom. The Bertz CT molecular complexity index is 957. The lowest BCUT2D eigenvalue weighted by molar-refractivity contribution is 0.0736. The molecule has 3 fully saturated rings. The molecule has 0 aliphatic carbocycles. The number of amides is 1. The van der Waals surface area contributed by atoms with Crippen molar-refractivity contribution in [3.8, 4) is 0 Å². The molecule has 0 radical (unpaired) electrons. The normalized spacial score (nSPS) is 22.9. The second-order valence-electron chi connectivity index (χ2n) is 7.52. The molecule has 6 rings (SSSR count). The molecule has 3 aliphatic heterocycles. The largest absolute Gasteiger partial charge is 0.337 e. The first-order valence-electron chi connectivity index (χ1n) is 9.41. The summed E-state index contributed by atoms with van der Waals surface area (Å²) < 4.78 is 4.90. The number of nitrogens with zero attached hydrogens (tertiary/aromatic N) is 5. The Morgan fingerprint density at radius 3 is 2.85 bits per heavy atom. The van der Waals surface area contributed by atoms with E-state index in [1.807, 2.05) is 17.0 Å². The zero-order chi connectivity index (χ0) is 18.2. The maximum atomic E-state index is 12.9. The molecular weight excluding hydrogens is 342 g/mol. The highest BCUT2D eigenvalue weighted by molar-refractivity contribution is 5.94. The quantitative estimate of drug-likeness (QED) is 0.711. The highest BCUT2D eigenvalue weighted by atomic mass is 16.6. The topological polar surface area (TPSA) is 75.4 Å². The van der Waals surface area contributed by atoms with Crippen molar-refractivity contribution in [1.82, 2.24) is 25.1 Å². The van der Waals surface area contributed by atoms with Crippen LogP contribution in [0.4, 0.5) is 0 Å². The molecule has 1 aromatic carbocycles. The molecule has 2 bridgehead atoms. The number of benzene rings is 1. The third-order valence-electron chi connectivity index (χ3n) is 5.78. The molecular formula is C20H21N5O2. The van der Waals surface area contributed by atoms with E-state index < -0.39 is 0 Å². The zero-order valence-electron chi connectivity index (χ0n) is 15.0. The fraction of sp³-hybridized carbons (Fsp3) is 0.400. The SMILES string of the molecule is O=C(c1ccncc1)N1C[C@H]2CC[C@@H](C1)N(Cc1cccc3nonc13)C2. The summed E-state index contributed by atoms with van der Waals surface area (Å²) in [5, 5.41) is 8.01. The number of carbonyl (C=O) groups excluding carboxylic acids is 1. The minimum atomic E-state index is 0.110. The van der Waals surface area contributed by atoms with Gasteiger partial charge in [0.25, 0.3) is 5.91 Å². The molecule has 0 N–H and O–H groups in total. The number of pyridine rings is 1. The standard InChI is InChI=1S/C20H21N5O2/c26-20(15-6-8-21-9-7-15)25-11-14-4-5-17(13-25)24(10-14)12-16-2-1-3-18-19(16)23-27-22-18/h1-3,6-9,14,17H,4-5,10-13H2/t14-,17-/m0/s1. The van der Waals surface area contributed by atoms with Crippen LogP contribution in [0.1, 0.15) is 28.8 Å². The predicted octanol–water partition coefficient (Wildman–Crippen LogP) is 2.35. The highest BCUT2D eigenvalue weighted by Gasteiger charge is 2.36. The first-order chi connectivity index (χ1) is 13.3. The zero-order valence-corrected chi connectivity index (χ0v) is 15.0. The Balaban J connectivity index is 1.37. The summed E-state index contributed by atoms with van der Waals surface area (Å²) in [6, 6.07) is 9.96. The van der Waals surface area contributed by atoms with Gasteiger partial charge in [-0.2, -0.15) is 0 Å². The van der Waals surface area contributed by atoms with Crippen molar-refractivity contribution in [3.05, 3.63) is 53.9 Å². The van der Waals surface area contributed by atoms with Crippen LogP contribution >= 0.6 is 0 Å². The maximum absolute atomic E-state index is 12.9. The van der Waals surface area contributed by atoms with E-state index >= 15 is 0 Å². The molecule has 3 aromatic rings. The van der Waals surface area contributed by atoms with Crippen LogP contribution in [0.5, 0.6) is 0 Å². The fourth-order valence-electron chi connectivity index (χ4n) is 4.42. The molecule has 3 aliphatic rings. The van der Waals surface area contributed by atoms with Crippen LogP contribution in [-0.4, -0.2) is 56.7 Å². The van der Waals surface area contributed by atoms with Gasteiger partial charge in [0.15, 0.2) is 0 Å². The van der Waals surface area contributed by atoms with Crippen LogP contribution in [0.15, 0.2) is 47.4 Å². The molecule has 0 saturated carbocycles. The lowest BCUT2D eigenvalue weighted by Gasteiger charge is -2.36. The van der Waals surface area contributed by atoms with E-state index in [0.717, 1.165) is 54.8 Å². The van der Waals surface area contributed by atoms with E-state index in [1.165, 1.54) is 6.42 Å². The number of piperidine rings is 1. The summed E-state index contributed by atoms with van der Waals surface area (Å²) in [6.45, 7) is 3.41. The molecule has 0 unspecified atom stereocenters. The third-order valence-corrected chi connectivity index (χ3v) is 5.78. The summed E-state index contributed by atoms with van der Waals surface area (Å²) in [5.74, 6) is 0.614. The minimum absolute atomic E-state index is 0.110. The molecule has 3 saturated heterocycles. The van der Waals surface area contributed by atoms with Crippen LogP contribution in [0, 0.1) is 5.92 Å². The van der Waals surface area contributed by atoms with E-state index in [9.17, 15) is 4.79 Å². The predicted molar refractivity (Wildman–Crippen MR) is 98.9 cm³/mol. The molecule has 1 amide bonds. The van der Waals surface area contributed by atoms with Crippen LogP contribution < -0.4 is 0 Å². The van der Waals surface area contributed by atoms with Gasteiger partial charge in [-0.25, -0.2) is 4.63 Å². The second kappa shape index (κ2) is 6.74.